The molecule has 1 fully saturated rings. The number of rotatable bonds is 7. The maximum Gasteiger partial charge on any atom is 0.240 e. The van der Waals surface area contributed by atoms with Crippen molar-refractivity contribution in [1.82, 2.24) is 14.9 Å². The van der Waals surface area contributed by atoms with Gasteiger partial charge in [0.25, 0.3) is 0 Å². The summed E-state index contributed by atoms with van der Waals surface area (Å²) in [6, 6.07) is 6.83. The van der Waals surface area contributed by atoms with Crippen LogP contribution in [0.3, 0.4) is 0 Å². The molecule has 0 spiro atoms. The normalized spacial score (nSPS) is 16.8. The Morgan fingerprint density at radius 2 is 1.86 bits per heavy atom. The van der Waals surface area contributed by atoms with Gasteiger partial charge >= 0.3 is 0 Å². The highest BCUT2D eigenvalue weighted by Crippen LogP contribution is 2.13. The Morgan fingerprint density at radius 3 is 2.48 bits per heavy atom. The lowest BCUT2D eigenvalue weighted by Crippen LogP contribution is -2.44. The summed E-state index contributed by atoms with van der Waals surface area (Å²) in [6.07, 6.45) is 1.08. The molecule has 0 radical (unpaired) electrons. The van der Waals surface area contributed by atoms with Gasteiger partial charge in [-0.2, -0.15) is 0 Å². The number of sulfonamides is 1. The SMILES string of the molecule is CNS(=O)(=O)c1ccc(NCCCN2CCNCC2)cc1. The molecule has 7 heteroatoms. The molecule has 0 unspecified atom stereocenters. The molecule has 118 valence electrons. The fourth-order valence-electron chi connectivity index (χ4n) is 2.34. The zero-order valence-corrected chi connectivity index (χ0v) is 13.2. The minimum atomic E-state index is -3.35. The minimum Gasteiger partial charge on any atom is -0.385 e. The number of nitrogens with zero attached hydrogens (tertiary/aromatic N) is 1. The summed E-state index contributed by atoms with van der Waals surface area (Å²) in [5.41, 5.74) is 0.949. The molecule has 1 saturated heterocycles. The Kier molecular flexibility index (Phi) is 5.98. The van der Waals surface area contributed by atoms with Crippen molar-refractivity contribution < 1.29 is 8.42 Å². The number of nitrogens with one attached hydrogen (secondary N) is 3. The van der Waals surface area contributed by atoms with Crippen molar-refractivity contribution in [2.45, 2.75) is 11.3 Å². The molecule has 0 amide bonds. The van der Waals surface area contributed by atoms with Crippen molar-refractivity contribution in [3.63, 3.8) is 0 Å². The highest BCUT2D eigenvalue weighted by Gasteiger charge is 2.10. The van der Waals surface area contributed by atoms with Gasteiger partial charge in [-0.15, -0.1) is 0 Å². The van der Waals surface area contributed by atoms with Gasteiger partial charge in [0, 0.05) is 38.4 Å². The van der Waals surface area contributed by atoms with E-state index in [9.17, 15) is 8.42 Å². The van der Waals surface area contributed by atoms with Crippen LogP contribution in [0, 0.1) is 0 Å². The summed E-state index contributed by atoms with van der Waals surface area (Å²) in [4.78, 5) is 2.75. The van der Waals surface area contributed by atoms with E-state index in [1.54, 1.807) is 24.3 Å². The van der Waals surface area contributed by atoms with Crippen LogP contribution in [0.2, 0.25) is 0 Å². The van der Waals surface area contributed by atoms with Gasteiger partial charge in [-0.05, 0) is 44.3 Å². The quantitative estimate of drug-likeness (QED) is 0.632. The smallest absolute Gasteiger partial charge is 0.240 e. The summed E-state index contributed by atoms with van der Waals surface area (Å²) in [6.45, 7) is 6.39. The van der Waals surface area contributed by atoms with Crippen molar-refractivity contribution in [3.05, 3.63) is 24.3 Å². The number of hydrogen-bond donors (Lipinski definition) is 3. The first-order valence-corrected chi connectivity index (χ1v) is 8.81. The lowest BCUT2D eigenvalue weighted by molar-refractivity contribution is 0.240. The molecule has 1 heterocycles. The molecule has 0 atom stereocenters. The molecule has 2 rings (SSSR count). The molecule has 0 aromatic heterocycles. The monoisotopic (exact) mass is 312 g/mol. The van der Waals surface area contributed by atoms with E-state index >= 15 is 0 Å². The standard InChI is InChI=1S/C14H24N4O2S/c1-15-21(19,20)14-5-3-13(4-6-14)17-7-2-10-18-11-8-16-9-12-18/h3-6,15-17H,2,7-12H2,1H3. The summed E-state index contributed by atoms with van der Waals surface area (Å²) in [5, 5.41) is 6.67. The fraction of sp³-hybridized carbons (Fsp3) is 0.571. The zero-order valence-electron chi connectivity index (χ0n) is 12.4. The van der Waals surface area contributed by atoms with Gasteiger partial charge < -0.3 is 15.5 Å². The van der Waals surface area contributed by atoms with E-state index in [0.29, 0.717) is 0 Å². The molecule has 0 saturated carbocycles. The second-order valence-corrected chi connectivity index (χ2v) is 6.99. The van der Waals surface area contributed by atoms with E-state index in [-0.39, 0.29) is 4.90 Å². The van der Waals surface area contributed by atoms with E-state index < -0.39 is 10.0 Å². The van der Waals surface area contributed by atoms with Crippen LogP contribution in [-0.2, 0) is 10.0 Å². The van der Waals surface area contributed by atoms with Crippen molar-refractivity contribution in [2.24, 2.45) is 0 Å². The number of piperazine rings is 1. The average Bonchev–Trinajstić information content (AvgIpc) is 2.53. The fourth-order valence-corrected chi connectivity index (χ4v) is 3.07. The first-order chi connectivity index (χ1) is 10.1. The number of hydrogen-bond acceptors (Lipinski definition) is 5. The third kappa shape index (κ3) is 4.96. The molecule has 1 aromatic carbocycles. The Bertz CT molecular complexity index is 524. The predicted molar refractivity (Wildman–Crippen MR) is 85.1 cm³/mol. The second-order valence-electron chi connectivity index (χ2n) is 5.10. The lowest BCUT2D eigenvalue weighted by atomic mass is 10.3. The van der Waals surface area contributed by atoms with Crippen LogP contribution in [0.4, 0.5) is 5.69 Å². The first-order valence-electron chi connectivity index (χ1n) is 7.32. The van der Waals surface area contributed by atoms with Crippen LogP contribution in [-0.4, -0.2) is 59.6 Å². The van der Waals surface area contributed by atoms with E-state index in [1.165, 1.54) is 7.05 Å². The van der Waals surface area contributed by atoms with E-state index in [4.69, 9.17) is 0 Å². The van der Waals surface area contributed by atoms with Crippen LogP contribution >= 0.6 is 0 Å². The van der Waals surface area contributed by atoms with E-state index in [0.717, 1.165) is 51.4 Å². The summed E-state index contributed by atoms with van der Waals surface area (Å²) in [7, 11) is -1.93. The van der Waals surface area contributed by atoms with Gasteiger partial charge in [0.2, 0.25) is 10.0 Å². The summed E-state index contributed by atoms with van der Waals surface area (Å²) < 4.78 is 25.5. The first kappa shape index (κ1) is 16.2. The van der Waals surface area contributed by atoms with Gasteiger partial charge in [-0.1, -0.05) is 0 Å². The topological polar surface area (TPSA) is 73.5 Å². The number of benzene rings is 1. The largest absolute Gasteiger partial charge is 0.385 e. The highest BCUT2D eigenvalue weighted by atomic mass is 32.2. The highest BCUT2D eigenvalue weighted by molar-refractivity contribution is 7.89. The second kappa shape index (κ2) is 7.74. The molecule has 1 aromatic rings. The minimum absolute atomic E-state index is 0.288. The molecule has 0 aliphatic carbocycles. The third-order valence-electron chi connectivity index (χ3n) is 3.62. The maximum atomic E-state index is 11.6. The van der Waals surface area contributed by atoms with Crippen molar-refractivity contribution in [2.75, 3.05) is 51.6 Å². The summed E-state index contributed by atoms with van der Waals surface area (Å²) in [5.74, 6) is 0. The van der Waals surface area contributed by atoms with Crippen molar-refractivity contribution in [3.8, 4) is 0 Å². The Hall–Kier alpha value is -1.15. The molecule has 1 aliphatic heterocycles. The van der Waals surface area contributed by atoms with Gasteiger partial charge in [0.15, 0.2) is 0 Å². The van der Waals surface area contributed by atoms with E-state index in [2.05, 4.69) is 20.3 Å². The third-order valence-corrected chi connectivity index (χ3v) is 5.05. The van der Waals surface area contributed by atoms with Crippen LogP contribution in [0.15, 0.2) is 29.2 Å². The Morgan fingerprint density at radius 1 is 1.19 bits per heavy atom. The Labute approximate surface area is 127 Å². The molecule has 3 N–H and O–H groups in total. The number of anilines is 1. The summed E-state index contributed by atoms with van der Waals surface area (Å²) >= 11 is 0. The van der Waals surface area contributed by atoms with Crippen molar-refractivity contribution in [1.29, 1.82) is 0 Å². The molecular formula is C14H24N4O2S. The molecule has 21 heavy (non-hydrogen) atoms. The molecule has 1 aliphatic rings. The van der Waals surface area contributed by atoms with Gasteiger partial charge in [-0.3, -0.25) is 0 Å². The van der Waals surface area contributed by atoms with Crippen LogP contribution < -0.4 is 15.4 Å². The average molecular weight is 312 g/mol. The van der Waals surface area contributed by atoms with Gasteiger partial charge in [0.05, 0.1) is 4.90 Å². The van der Waals surface area contributed by atoms with Gasteiger partial charge in [-0.25, -0.2) is 13.1 Å². The molecule has 0 bridgehead atoms. The van der Waals surface area contributed by atoms with Crippen LogP contribution in [0.5, 0.6) is 0 Å². The maximum absolute atomic E-state index is 11.6. The van der Waals surface area contributed by atoms with Crippen molar-refractivity contribution >= 4 is 15.7 Å². The lowest BCUT2D eigenvalue weighted by Gasteiger charge is -2.27. The van der Waals surface area contributed by atoms with Gasteiger partial charge in [0.1, 0.15) is 0 Å². The Balaban J connectivity index is 1.73. The van der Waals surface area contributed by atoms with Crippen LogP contribution in [0.25, 0.3) is 0 Å². The van der Waals surface area contributed by atoms with Crippen LogP contribution in [0.1, 0.15) is 6.42 Å². The zero-order chi connectivity index (χ0) is 15.1. The molecule has 6 nitrogen and oxygen atoms in total. The van der Waals surface area contributed by atoms with E-state index in [1.807, 2.05) is 0 Å². The predicted octanol–water partition coefficient (Wildman–Crippen LogP) is 0.302. The molecular weight excluding hydrogens is 288 g/mol.